The normalized spacial score (nSPS) is 22.2. The highest BCUT2D eigenvalue weighted by Crippen LogP contribution is 2.30. The highest BCUT2D eigenvalue weighted by molar-refractivity contribution is 7.89. The van der Waals surface area contributed by atoms with Crippen molar-refractivity contribution in [2.24, 2.45) is 0 Å². The maximum atomic E-state index is 13.1. The molecule has 9 heteroatoms. The van der Waals surface area contributed by atoms with Gasteiger partial charge < -0.3 is 10.1 Å². The molecule has 0 spiro atoms. The number of morpholine rings is 1. The van der Waals surface area contributed by atoms with E-state index in [0.29, 0.717) is 25.5 Å². The van der Waals surface area contributed by atoms with E-state index in [-0.39, 0.29) is 11.4 Å². The van der Waals surface area contributed by atoms with Crippen molar-refractivity contribution in [3.63, 3.8) is 0 Å². The summed E-state index contributed by atoms with van der Waals surface area (Å²) in [5, 5.41) is 3.75. The number of hydrogen-bond donors (Lipinski definition) is 1. The molecule has 3 heterocycles. The van der Waals surface area contributed by atoms with Crippen molar-refractivity contribution in [3.8, 4) is 0 Å². The van der Waals surface area contributed by atoms with Crippen LogP contribution in [-0.4, -0.2) is 47.6 Å². The van der Waals surface area contributed by atoms with Crippen LogP contribution >= 0.6 is 11.3 Å². The van der Waals surface area contributed by atoms with Crippen LogP contribution in [0.3, 0.4) is 0 Å². The fourth-order valence-corrected chi connectivity index (χ4v) is 6.53. The zero-order chi connectivity index (χ0) is 19.6. The maximum Gasteiger partial charge on any atom is 0.217 e. The zero-order valence-electron chi connectivity index (χ0n) is 16.0. The molecule has 1 saturated heterocycles. The summed E-state index contributed by atoms with van der Waals surface area (Å²) in [4.78, 5) is 10.1. The molecule has 1 saturated carbocycles. The van der Waals surface area contributed by atoms with E-state index < -0.39 is 10.0 Å². The van der Waals surface area contributed by atoms with E-state index in [4.69, 9.17) is 4.74 Å². The first-order valence-electron chi connectivity index (χ1n) is 9.79. The van der Waals surface area contributed by atoms with Crippen molar-refractivity contribution in [1.82, 2.24) is 14.3 Å². The summed E-state index contributed by atoms with van der Waals surface area (Å²) in [5.74, 6) is 0.683. The number of rotatable bonds is 5. The van der Waals surface area contributed by atoms with Crippen molar-refractivity contribution >= 4 is 32.3 Å². The van der Waals surface area contributed by atoms with Crippen molar-refractivity contribution < 1.29 is 13.2 Å². The van der Waals surface area contributed by atoms with Crippen LogP contribution in [0.2, 0.25) is 0 Å². The maximum absolute atomic E-state index is 13.1. The monoisotopic (exact) mass is 422 g/mol. The highest BCUT2D eigenvalue weighted by atomic mass is 32.2. The molecule has 0 aromatic carbocycles. The zero-order valence-corrected chi connectivity index (χ0v) is 17.6. The SMILES string of the molecule is Cc1cnc(Nc2cccc(C3CN(S(=O)(=O)C4CCCCC4)CCO3)n2)s1. The Labute approximate surface area is 170 Å². The van der Waals surface area contributed by atoms with Crippen LogP contribution in [0.4, 0.5) is 10.9 Å². The van der Waals surface area contributed by atoms with Crippen LogP contribution in [0.25, 0.3) is 0 Å². The summed E-state index contributed by atoms with van der Waals surface area (Å²) < 4.78 is 33.6. The lowest BCUT2D eigenvalue weighted by Crippen LogP contribution is -2.46. The van der Waals surface area contributed by atoms with Gasteiger partial charge in [0.1, 0.15) is 11.9 Å². The van der Waals surface area contributed by atoms with Gasteiger partial charge >= 0.3 is 0 Å². The Morgan fingerprint density at radius 1 is 1.25 bits per heavy atom. The number of hydrogen-bond acceptors (Lipinski definition) is 7. The first kappa shape index (κ1) is 19.8. The summed E-state index contributed by atoms with van der Waals surface area (Å²) >= 11 is 1.56. The second kappa shape index (κ2) is 8.44. The van der Waals surface area contributed by atoms with E-state index in [1.54, 1.807) is 15.6 Å². The van der Waals surface area contributed by atoms with E-state index in [0.717, 1.165) is 47.8 Å². The fraction of sp³-hybridized carbons (Fsp3) is 0.579. The van der Waals surface area contributed by atoms with Gasteiger partial charge in [-0.3, -0.25) is 0 Å². The smallest absolute Gasteiger partial charge is 0.217 e. The molecule has 2 aromatic heterocycles. The van der Waals surface area contributed by atoms with Gasteiger partial charge in [0.05, 0.1) is 17.6 Å². The number of thiazole rings is 1. The molecule has 1 unspecified atom stereocenters. The predicted molar refractivity (Wildman–Crippen MR) is 110 cm³/mol. The average molecular weight is 423 g/mol. The second-order valence-corrected chi connectivity index (χ2v) is 10.8. The molecular formula is C19H26N4O3S2. The third-order valence-corrected chi connectivity index (χ3v) is 8.51. The molecule has 28 heavy (non-hydrogen) atoms. The molecule has 7 nitrogen and oxygen atoms in total. The molecule has 0 bridgehead atoms. The molecule has 1 aliphatic heterocycles. The van der Waals surface area contributed by atoms with E-state index in [1.165, 1.54) is 0 Å². The van der Waals surface area contributed by atoms with Crippen LogP contribution < -0.4 is 5.32 Å². The first-order chi connectivity index (χ1) is 13.5. The van der Waals surface area contributed by atoms with E-state index in [9.17, 15) is 8.42 Å². The number of nitrogens with zero attached hydrogens (tertiary/aromatic N) is 3. The van der Waals surface area contributed by atoms with Gasteiger partial charge in [0.2, 0.25) is 10.0 Å². The third kappa shape index (κ3) is 4.37. The lowest BCUT2D eigenvalue weighted by Gasteiger charge is -2.35. The largest absolute Gasteiger partial charge is 0.369 e. The quantitative estimate of drug-likeness (QED) is 0.792. The summed E-state index contributed by atoms with van der Waals surface area (Å²) in [6, 6.07) is 5.67. The van der Waals surface area contributed by atoms with Crippen LogP contribution in [0.5, 0.6) is 0 Å². The van der Waals surface area contributed by atoms with Crippen LogP contribution in [-0.2, 0) is 14.8 Å². The van der Waals surface area contributed by atoms with Gasteiger partial charge in [-0.25, -0.2) is 18.4 Å². The number of sulfonamides is 1. The minimum absolute atomic E-state index is 0.242. The van der Waals surface area contributed by atoms with Gasteiger partial charge in [-0.05, 0) is 31.9 Å². The molecule has 4 rings (SSSR count). The lowest BCUT2D eigenvalue weighted by atomic mass is 10.0. The first-order valence-corrected chi connectivity index (χ1v) is 12.1. The topological polar surface area (TPSA) is 84.4 Å². The Hall–Kier alpha value is -1.55. The molecule has 1 N–H and O–H groups in total. The van der Waals surface area contributed by atoms with Crippen molar-refractivity contribution in [2.45, 2.75) is 50.4 Å². The fourth-order valence-electron chi connectivity index (χ4n) is 3.83. The van der Waals surface area contributed by atoms with Gasteiger partial charge in [-0.1, -0.05) is 25.3 Å². The number of aryl methyl sites for hydroxylation is 1. The standard InChI is InChI=1S/C19H26N4O3S2/c1-14-12-20-19(27-14)22-18-9-5-8-16(21-18)17-13-23(10-11-26-17)28(24,25)15-6-3-2-4-7-15/h5,8-9,12,15,17H,2-4,6-7,10-11,13H2,1H3,(H,20,21,22). The Balaban J connectivity index is 1.47. The Kier molecular flexibility index (Phi) is 5.96. The Morgan fingerprint density at radius 3 is 2.82 bits per heavy atom. The van der Waals surface area contributed by atoms with E-state index >= 15 is 0 Å². The number of anilines is 2. The van der Waals surface area contributed by atoms with E-state index in [2.05, 4.69) is 15.3 Å². The summed E-state index contributed by atoms with van der Waals surface area (Å²) in [5.41, 5.74) is 0.738. The second-order valence-electron chi connectivity index (χ2n) is 7.37. The number of pyridine rings is 1. The van der Waals surface area contributed by atoms with Gasteiger partial charge in [0.15, 0.2) is 5.13 Å². The van der Waals surface area contributed by atoms with Gasteiger partial charge in [0.25, 0.3) is 0 Å². The van der Waals surface area contributed by atoms with Crippen molar-refractivity contribution in [3.05, 3.63) is 35.0 Å². The molecule has 0 amide bonds. The molecule has 1 aliphatic carbocycles. The lowest BCUT2D eigenvalue weighted by molar-refractivity contribution is -0.00525. The Bertz CT molecular complexity index is 909. The molecule has 1 atom stereocenters. The van der Waals surface area contributed by atoms with Gasteiger partial charge in [-0.15, -0.1) is 11.3 Å². The van der Waals surface area contributed by atoms with Gasteiger partial charge in [-0.2, -0.15) is 4.31 Å². The molecular weight excluding hydrogens is 396 g/mol. The summed E-state index contributed by atoms with van der Waals surface area (Å²) in [7, 11) is -3.28. The minimum atomic E-state index is -3.28. The highest BCUT2D eigenvalue weighted by Gasteiger charge is 2.36. The number of ether oxygens (including phenoxy) is 1. The van der Waals surface area contributed by atoms with E-state index in [1.807, 2.05) is 31.3 Å². The molecule has 152 valence electrons. The van der Waals surface area contributed by atoms with Crippen LogP contribution in [0.1, 0.15) is 48.8 Å². The van der Waals surface area contributed by atoms with Gasteiger partial charge in [0, 0.05) is 24.2 Å². The van der Waals surface area contributed by atoms with Crippen LogP contribution in [0, 0.1) is 6.92 Å². The average Bonchev–Trinajstić information content (AvgIpc) is 3.13. The van der Waals surface area contributed by atoms with Crippen molar-refractivity contribution in [2.75, 3.05) is 25.0 Å². The Morgan fingerprint density at radius 2 is 2.07 bits per heavy atom. The number of aromatic nitrogens is 2. The third-order valence-electron chi connectivity index (χ3n) is 5.32. The molecule has 2 fully saturated rings. The van der Waals surface area contributed by atoms with Crippen molar-refractivity contribution in [1.29, 1.82) is 0 Å². The predicted octanol–water partition coefficient (Wildman–Crippen LogP) is 3.63. The summed E-state index contributed by atoms with van der Waals surface area (Å²) in [6.45, 7) is 3.14. The number of nitrogens with one attached hydrogen (secondary N) is 1. The minimum Gasteiger partial charge on any atom is -0.369 e. The summed E-state index contributed by atoms with van der Waals surface area (Å²) in [6.07, 6.45) is 6.15. The molecule has 2 aliphatic rings. The molecule has 0 radical (unpaired) electrons. The van der Waals surface area contributed by atoms with Crippen LogP contribution in [0.15, 0.2) is 24.4 Å². The molecule has 2 aromatic rings.